The molecule has 3 aromatic carbocycles. The third-order valence-corrected chi connectivity index (χ3v) is 4.50. The van der Waals surface area contributed by atoms with Crippen LogP contribution in [0.3, 0.4) is 0 Å². The van der Waals surface area contributed by atoms with Crippen LogP contribution in [0.2, 0.25) is 0 Å². The molecule has 0 aliphatic carbocycles. The Morgan fingerprint density at radius 1 is 0.633 bits per heavy atom. The summed E-state index contributed by atoms with van der Waals surface area (Å²) < 4.78 is 5.03. The second-order valence-corrected chi connectivity index (χ2v) is 6.31. The SMILES string of the molecule is COc1ccc(C(=O)c2cc(C(=O)O)c(C(=O)c3ccccc3)cc2C(=O)O)cc1. The van der Waals surface area contributed by atoms with E-state index in [9.17, 15) is 29.4 Å². The summed E-state index contributed by atoms with van der Waals surface area (Å²) in [6, 6.07) is 15.7. The van der Waals surface area contributed by atoms with Gasteiger partial charge in [-0.1, -0.05) is 30.3 Å². The zero-order valence-electron chi connectivity index (χ0n) is 15.8. The number of ether oxygens (including phenoxy) is 1. The van der Waals surface area contributed by atoms with Crippen molar-refractivity contribution in [2.45, 2.75) is 0 Å². The van der Waals surface area contributed by atoms with Gasteiger partial charge in [-0.25, -0.2) is 9.59 Å². The lowest BCUT2D eigenvalue weighted by atomic mass is 9.90. The van der Waals surface area contributed by atoms with E-state index in [1.54, 1.807) is 18.2 Å². The Hall–Kier alpha value is -4.26. The molecule has 0 aliphatic heterocycles. The number of carboxylic acids is 2. The lowest BCUT2D eigenvalue weighted by Crippen LogP contribution is -2.17. The van der Waals surface area contributed by atoms with Crippen LogP contribution in [0.5, 0.6) is 5.75 Å². The summed E-state index contributed by atoms with van der Waals surface area (Å²) in [6.07, 6.45) is 0. The lowest BCUT2D eigenvalue weighted by molar-refractivity contribution is 0.0677. The largest absolute Gasteiger partial charge is 0.497 e. The highest BCUT2D eigenvalue weighted by Crippen LogP contribution is 2.24. The fourth-order valence-corrected chi connectivity index (χ4v) is 2.97. The van der Waals surface area contributed by atoms with E-state index in [-0.39, 0.29) is 22.3 Å². The highest BCUT2D eigenvalue weighted by molar-refractivity contribution is 6.19. The molecule has 0 bridgehead atoms. The molecule has 3 aromatic rings. The van der Waals surface area contributed by atoms with Crippen LogP contribution in [0.1, 0.15) is 52.6 Å². The molecular weight excluding hydrogens is 388 g/mol. The Morgan fingerprint density at radius 2 is 1.07 bits per heavy atom. The zero-order chi connectivity index (χ0) is 21.8. The Morgan fingerprint density at radius 3 is 1.47 bits per heavy atom. The standard InChI is InChI=1S/C23H16O7/c1-30-15-9-7-14(8-10-15)21(25)17-12-18(22(26)27)16(11-19(17)23(28)29)20(24)13-5-3-2-4-6-13/h2-12H,1H3,(H,26,27)(H,28,29). The first-order chi connectivity index (χ1) is 14.3. The minimum atomic E-state index is -1.45. The molecule has 7 nitrogen and oxygen atoms in total. The number of carbonyl (C=O) groups is 4. The third kappa shape index (κ3) is 3.95. The minimum absolute atomic E-state index is 0.150. The van der Waals surface area contributed by atoms with E-state index in [1.807, 2.05) is 0 Å². The smallest absolute Gasteiger partial charge is 0.336 e. The van der Waals surface area contributed by atoms with Crippen molar-refractivity contribution in [2.75, 3.05) is 7.11 Å². The highest BCUT2D eigenvalue weighted by atomic mass is 16.5. The van der Waals surface area contributed by atoms with Gasteiger partial charge in [0.2, 0.25) is 0 Å². The van der Waals surface area contributed by atoms with Crippen molar-refractivity contribution < 1.29 is 34.1 Å². The molecule has 7 heteroatoms. The molecule has 0 aromatic heterocycles. The van der Waals surface area contributed by atoms with Crippen LogP contribution in [0.15, 0.2) is 66.7 Å². The second-order valence-electron chi connectivity index (χ2n) is 6.31. The summed E-state index contributed by atoms with van der Waals surface area (Å²) >= 11 is 0. The van der Waals surface area contributed by atoms with Crippen LogP contribution in [-0.4, -0.2) is 40.8 Å². The normalized spacial score (nSPS) is 10.3. The molecule has 0 radical (unpaired) electrons. The monoisotopic (exact) mass is 404 g/mol. The summed E-state index contributed by atoms with van der Waals surface area (Å²) in [5, 5.41) is 19.2. The molecule has 0 fully saturated rings. The number of hydrogen-bond donors (Lipinski definition) is 2. The van der Waals surface area contributed by atoms with Crippen molar-refractivity contribution in [1.29, 1.82) is 0 Å². The fraction of sp³-hybridized carbons (Fsp3) is 0.0435. The number of hydrogen-bond acceptors (Lipinski definition) is 5. The summed E-state index contributed by atoms with van der Waals surface area (Å²) in [4.78, 5) is 49.4. The Balaban J connectivity index is 2.18. The highest BCUT2D eigenvalue weighted by Gasteiger charge is 2.26. The second kappa shape index (κ2) is 8.40. The number of aromatic carboxylic acids is 2. The van der Waals surface area contributed by atoms with Gasteiger partial charge >= 0.3 is 11.9 Å². The lowest BCUT2D eigenvalue weighted by Gasteiger charge is -2.12. The van der Waals surface area contributed by atoms with E-state index in [0.29, 0.717) is 5.75 Å². The molecule has 3 rings (SSSR count). The topological polar surface area (TPSA) is 118 Å². The summed E-state index contributed by atoms with van der Waals surface area (Å²) in [6.45, 7) is 0. The maximum Gasteiger partial charge on any atom is 0.336 e. The first-order valence-corrected chi connectivity index (χ1v) is 8.76. The van der Waals surface area contributed by atoms with E-state index in [0.717, 1.165) is 12.1 Å². The Labute approximate surface area is 171 Å². The number of carboxylic acid groups (broad SMARTS) is 2. The van der Waals surface area contributed by atoms with E-state index in [2.05, 4.69) is 0 Å². The number of ketones is 2. The number of benzene rings is 3. The van der Waals surface area contributed by atoms with E-state index in [4.69, 9.17) is 4.74 Å². The van der Waals surface area contributed by atoms with Gasteiger partial charge in [-0.2, -0.15) is 0 Å². The number of methoxy groups -OCH3 is 1. The van der Waals surface area contributed by atoms with Crippen molar-refractivity contribution in [3.05, 3.63) is 100 Å². The van der Waals surface area contributed by atoms with Crippen LogP contribution in [0, 0.1) is 0 Å². The average Bonchev–Trinajstić information content (AvgIpc) is 2.77. The maximum atomic E-state index is 12.9. The van der Waals surface area contributed by atoms with Gasteiger partial charge in [0.15, 0.2) is 11.6 Å². The molecule has 0 aliphatic rings. The molecular formula is C23H16O7. The molecule has 0 amide bonds. The number of carbonyl (C=O) groups excluding carboxylic acids is 2. The van der Waals surface area contributed by atoms with E-state index < -0.39 is 34.6 Å². The molecule has 0 unspecified atom stereocenters. The van der Waals surface area contributed by atoms with E-state index >= 15 is 0 Å². The Bertz CT molecular complexity index is 1150. The fourth-order valence-electron chi connectivity index (χ4n) is 2.97. The quantitative estimate of drug-likeness (QED) is 0.578. The molecule has 150 valence electrons. The molecule has 0 atom stereocenters. The van der Waals surface area contributed by atoms with Gasteiger partial charge in [0.05, 0.1) is 18.2 Å². The van der Waals surface area contributed by atoms with E-state index in [1.165, 1.54) is 43.5 Å². The van der Waals surface area contributed by atoms with Gasteiger partial charge < -0.3 is 14.9 Å². The van der Waals surface area contributed by atoms with Crippen LogP contribution in [0.4, 0.5) is 0 Å². The third-order valence-electron chi connectivity index (χ3n) is 4.50. The molecule has 0 heterocycles. The van der Waals surface area contributed by atoms with Crippen LogP contribution in [0.25, 0.3) is 0 Å². The number of rotatable bonds is 7. The first-order valence-electron chi connectivity index (χ1n) is 8.76. The molecule has 0 spiro atoms. The first kappa shape index (κ1) is 20.5. The van der Waals surface area contributed by atoms with Crippen molar-refractivity contribution in [1.82, 2.24) is 0 Å². The molecule has 0 saturated carbocycles. The van der Waals surface area contributed by atoms with Crippen molar-refractivity contribution in [3.8, 4) is 5.75 Å². The van der Waals surface area contributed by atoms with Crippen LogP contribution < -0.4 is 4.74 Å². The van der Waals surface area contributed by atoms with Gasteiger partial charge in [0.25, 0.3) is 0 Å². The molecule has 30 heavy (non-hydrogen) atoms. The van der Waals surface area contributed by atoms with Crippen molar-refractivity contribution >= 4 is 23.5 Å². The summed E-state index contributed by atoms with van der Waals surface area (Å²) in [5.41, 5.74) is -1.19. The Kier molecular flexibility index (Phi) is 5.73. The molecule has 0 saturated heterocycles. The van der Waals surface area contributed by atoms with Crippen molar-refractivity contribution in [2.24, 2.45) is 0 Å². The van der Waals surface area contributed by atoms with Gasteiger partial charge in [-0.15, -0.1) is 0 Å². The predicted molar refractivity (Wildman–Crippen MR) is 107 cm³/mol. The minimum Gasteiger partial charge on any atom is -0.497 e. The summed E-state index contributed by atoms with van der Waals surface area (Å²) in [5.74, 6) is -3.74. The average molecular weight is 404 g/mol. The maximum absolute atomic E-state index is 12.9. The van der Waals surface area contributed by atoms with Crippen LogP contribution >= 0.6 is 0 Å². The zero-order valence-corrected chi connectivity index (χ0v) is 15.8. The van der Waals surface area contributed by atoms with Gasteiger partial charge in [0, 0.05) is 22.3 Å². The van der Waals surface area contributed by atoms with Gasteiger partial charge in [0.1, 0.15) is 5.75 Å². The van der Waals surface area contributed by atoms with Gasteiger partial charge in [-0.05, 0) is 36.4 Å². The van der Waals surface area contributed by atoms with Crippen LogP contribution in [-0.2, 0) is 0 Å². The molecule has 2 N–H and O–H groups in total. The van der Waals surface area contributed by atoms with Gasteiger partial charge in [-0.3, -0.25) is 9.59 Å². The van der Waals surface area contributed by atoms with Crippen molar-refractivity contribution in [3.63, 3.8) is 0 Å². The summed E-state index contributed by atoms with van der Waals surface area (Å²) in [7, 11) is 1.46. The predicted octanol–water partition coefficient (Wildman–Crippen LogP) is 3.55.